The highest BCUT2D eigenvalue weighted by Gasteiger charge is 2.26. The Balaban J connectivity index is 0.00000324. The van der Waals surface area contributed by atoms with Crippen LogP contribution in [0.2, 0.25) is 5.02 Å². The van der Waals surface area contributed by atoms with Crippen molar-refractivity contribution in [3.05, 3.63) is 33.3 Å². The average Bonchev–Trinajstić information content (AvgIpc) is 2.27. The molecule has 0 saturated heterocycles. The van der Waals surface area contributed by atoms with Crippen LogP contribution < -0.4 is 10.5 Å². The van der Waals surface area contributed by atoms with Gasteiger partial charge in [0.2, 0.25) is 10.0 Å². The number of sulfonamides is 1. The SMILES string of the molecule is C[C@H](CN)NS(=O)(=O)c1ccc(Cl)cc1[N+](=O)[O-].Cl. The summed E-state index contributed by atoms with van der Waals surface area (Å²) in [6, 6.07) is 2.83. The first kappa shape index (κ1) is 18.1. The second-order valence-corrected chi connectivity index (χ2v) is 5.75. The molecule has 0 aliphatic heterocycles. The number of nitrogens with zero attached hydrogens (tertiary/aromatic N) is 1. The van der Waals surface area contributed by atoms with Gasteiger partial charge in [-0.15, -0.1) is 12.4 Å². The van der Waals surface area contributed by atoms with E-state index in [9.17, 15) is 18.5 Å². The maximum Gasteiger partial charge on any atom is 0.290 e. The molecule has 10 heteroatoms. The number of rotatable bonds is 5. The lowest BCUT2D eigenvalue weighted by Crippen LogP contribution is -2.37. The Labute approximate surface area is 121 Å². The molecule has 0 amide bonds. The van der Waals surface area contributed by atoms with Crippen molar-refractivity contribution in [1.82, 2.24) is 4.72 Å². The van der Waals surface area contributed by atoms with Gasteiger partial charge in [0.1, 0.15) is 0 Å². The van der Waals surface area contributed by atoms with Crippen molar-refractivity contribution in [3.8, 4) is 0 Å². The molecule has 7 nitrogen and oxygen atoms in total. The number of nitrogens with two attached hydrogens (primary N) is 1. The van der Waals surface area contributed by atoms with Gasteiger partial charge in [0.05, 0.1) is 4.92 Å². The Bertz CT molecular complexity index is 565. The van der Waals surface area contributed by atoms with Gasteiger partial charge in [0.15, 0.2) is 4.90 Å². The predicted octanol–water partition coefficient (Wildman–Crippen LogP) is 1.30. The fraction of sp³-hybridized carbons (Fsp3) is 0.333. The van der Waals surface area contributed by atoms with Gasteiger partial charge >= 0.3 is 0 Å². The number of hydrogen-bond donors (Lipinski definition) is 2. The molecule has 0 radical (unpaired) electrons. The maximum absolute atomic E-state index is 11.9. The molecule has 0 aliphatic carbocycles. The van der Waals surface area contributed by atoms with E-state index >= 15 is 0 Å². The van der Waals surface area contributed by atoms with Gasteiger partial charge in [-0.1, -0.05) is 11.6 Å². The third-order valence-electron chi connectivity index (χ3n) is 2.12. The lowest BCUT2D eigenvalue weighted by Gasteiger charge is -2.12. The zero-order valence-corrected chi connectivity index (χ0v) is 12.3. The van der Waals surface area contributed by atoms with Crippen LogP contribution in [0.5, 0.6) is 0 Å². The van der Waals surface area contributed by atoms with E-state index in [-0.39, 0.29) is 24.0 Å². The molecule has 0 spiro atoms. The van der Waals surface area contributed by atoms with Crippen LogP contribution in [0.1, 0.15) is 6.92 Å². The molecule has 1 rings (SSSR count). The fourth-order valence-electron chi connectivity index (χ4n) is 1.24. The van der Waals surface area contributed by atoms with Crippen LogP contribution >= 0.6 is 24.0 Å². The molecule has 108 valence electrons. The van der Waals surface area contributed by atoms with Gasteiger partial charge in [0.25, 0.3) is 5.69 Å². The van der Waals surface area contributed by atoms with E-state index in [0.717, 1.165) is 12.1 Å². The highest BCUT2D eigenvalue weighted by Crippen LogP contribution is 2.27. The Morgan fingerprint density at radius 2 is 2.11 bits per heavy atom. The van der Waals surface area contributed by atoms with Crippen LogP contribution in [0, 0.1) is 10.1 Å². The summed E-state index contributed by atoms with van der Waals surface area (Å²) in [5.74, 6) is 0. The number of hydrogen-bond acceptors (Lipinski definition) is 5. The molecular weight excluding hydrogens is 317 g/mol. The Kier molecular flexibility index (Phi) is 6.67. The van der Waals surface area contributed by atoms with Crippen LogP contribution in [-0.4, -0.2) is 25.9 Å². The summed E-state index contributed by atoms with van der Waals surface area (Å²) in [5, 5.41) is 10.9. The van der Waals surface area contributed by atoms with Crippen molar-refractivity contribution in [1.29, 1.82) is 0 Å². The van der Waals surface area contributed by atoms with Gasteiger partial charge in [-0.3, -0.25) is 10.1 Å². The molecule has 19 heavy (non-hydrogen) atoms. The second-order valence-electron chi connectivity index (χ2n) is 3.63. The minimum atomic E-state index is -3.99. The van der Waals surface area contributed by atoms with Gasteiger partial charge in [-0.05, 0) is 19.1 Å². The smallest absolute Gasteiger partial charge is 0.290 e. The topological polar surface area (TPSA) is 115 Å². The van der Waals surface area contributed by atoms with Gasteiger partial charge in [0, 0.05) is 23.7 Å². The van der Waals surface area contributed by atoms with Crippen LogP contribution in [-0.2, 0) is 10.0 Å². The zero-order valence-electron chi connectivity index (χ0n) is 9.87. The minimum Gasteiger partial charge on any atom is -0.329 e. The Morgan fingerprint density at radius 1 is 1.53 bits per heavy atom. The molecule has 0 bridgehead atoms. The van der Waals surface area contributed by atoms with E-state index in [1.807, 2.05) is 0 Å². The summed E-state index contributed by atoms with van der Waals surface area (Å²) in [6.07, 6.45) is 0. The molecule has 0 heterocycles. The first-order chi connectivity index (χ1) is 8.27. The summed E-state index contributed by atoms with van der Waals surface area (Å²) in [7, 11) is -3.99. The molecule has 1 aromatic rings. The number of benzene rings is 1. The largest absolute Gasteiger partial charge is 0.329 e. The van der Waals surface area contributed by atoms with E-state index in [1.165, 1.54) is 6.07 Å². The predicted molar refractivity (Wildman–Crippen MR) is 74.2 cm³/mol. The van der Waals surface area contributed by atoms with E-state index in [0.29, 0.717) is 0 Å². The summed E-state index contributed by atoms with van der Waals surface area (Å²) in [6.45, 7) is 1.64. The molecule has 0 saturated carbocycles. The van der Waals surface area contributed by atoms with E-state index < -0.39 is 31.6 Å². The normalized spacial score (nSPS) is 12.6. The van der Waals surface area contributed by atoms with Crippen LogP contribution in [0.15, 0.2) is 23.1 Å². The molecule has 1 atom stereocenters. The summed E-state index contributed by atoms with van der Waals surface area (Å²) in [5.41, 5.74) is 4.73. The van der Waals surface area contributed by atoms with Crippen LogP contribution in [0.4, 0.5) is 5.69 Å². The van der Waals surface area contributed by atoms with Crippen LogP contribution in [0.3, 0.4) is 0 Å². The number of nitrogens with one attached hydrogen (secondary N) is 1. The number of nitro groups is 1. The van der Waals surface area contributed by atoms with Crippen molar-refractivity contribution in [2.24, 2.45) is 5.73 Å². The molecule has 0 unspecified atom stereocenters. The van der Waals surface area contributed by atoms with Crippen molar-refractivity contribution < 1.29 is 13.3 Å². The summed E-state index contributed by atoms with van der Waals surface area (Å²) in [4.78, 5) is 9.57. The van der Waals surface area contributed by atoms with E-state index in [2.05, 4.69) is 4.72 Å². The van der Waals surface area contributed by atoms with E-state index in [4.69, 9.17) is 17.3 Å². The first-order valence-electron chi connectivity index (χ1n) is 4.94. The highest BCUT2D eigenvalue weighted by molar-refractivity contribution is 7.89. The lowest BCUT2D eigenvalue weighted by atomic mass is 10.3. The Morgan fingerprint density at radius 3 is 2.58 bits per heavy atom. The van der Waals surface area contributed by atoms with Crippen molar-refractivity contribution in [2.75, 3.05) is 6.54 Å². The summed E-state index contributed by atoms with van der Waals surface area (Å²) >= 11 is 5.60. The van der Waals surface area contributed by atoms with Gasteiger partial charge in [-0.25, -0.2) is 13.1 Å². The molecule has 0 aromatic heterocycles. The average molecular weight is 330 g/mol. The molecule has 0 aliphatic rings. The number of halogens is 2. The van der Waals surface area contributed by atoms with Gasteiger partial charge < -0.3 is 5.73 Å². The quantitative estimate of drug-likeness (QED) is 0.623. The highest BCUT2D eigenvalue weighted by atomic mass is 35.5. The van der Waals surface area contributed by atoms with Gasteiger partial charge in [-0.2, -0.15) is 0 Å². The molecular formula is C9H13Cl2N3O4S. The summed E-state index contributed by atoms with van der Waals surface area (Å²) < 4.78 is 26.1. The minimum absolute atomic E-state index is 0. The second kappa shape index (κ2) is 7.01. The van der Waals surface area contributed by atoms with Crippen molar-refractivity contribution in [2.45, 2.75) is 17.9 Å². The number of nitro benzene ring substituents is 1. The lowest BCUT2D eigenvalue weighted by molar-refractivity contribution is -0.387. The fourth-order valence-corrected chi connectivity index (χ4v) is 2.81. The van der Waals surface area contributed by atoms with Crippen molar-refractivity contribution in [3.63, 3.8) is 0 Å². The molecule has 3 N–H and O–H groups in total. The Hall–Kier alpha value is -0.930. The molecule has 0 fully saturated rings. The van der Waals surface area contributed by atoms with E-state index in [1.54, 1.807) is 6.92 Å². The standard InChI is InChI=1S/C9H12ClN3O4S.ClH/c1-6(5-11)12-18(16,17)9-3-2-7(10)4-8(9)13(14)15;/h2-4,6,12H,5,11H2,1H3;1H/t6-;/m1./s1. The zero-order chi connectivity index (χ0) is 13.9. The van der Waals surface area contributed by atoms with Crippen LogP contribution in [0.25, 0.3) is 0 Å². The first-order valence-corrected chi connectivity index (χ1v) is 6.80. The third-order valence-corrected chi connectivity index (χ3v) is 3.99. The third kappa shape index (κ3) is 4.59. The monoisotopic (exact) mass is 329 g/mol. The molecule has 1 aromatic carbocycles. The maximum atomic E-state index is 11.9. The van der Waals surface area contributed by atoms with Crippen molar-refractivity contribution >= 4 is 39.7 Å².